The Morgan fingerprint density at radius 2 is 2.06 bits per heavy atom. The number of hydrogen-bond donors (Lipinski definition) is 1. The maximum atomic E-state index is 14.2. The molecular weight excluding hydrogens is 485 g/mol. The number of hydrogen-bond acceptors (Lipinski definition) is 6. The molecule has 0 bridgehead atoms. The first-order chi connectivity index (χ1) is 17.1. The lowest BCUT2D eigenvalue weighted by molar-refractivity contribution is -0.121. The zero-order valence-corrected chi connectivity index (χ0v) is 20.8. The van der Waals surface area contributed by atoms with Gasteiger partial charge in [-0.15, -0.1) is 11.3 Å². The predicted octanol–water partition coefficient (Wildman–Crippen LogP) is 5.12. The van der Waals surface area contributed by atoms with Crippen molar-refractivity contribution in [1.29, 1.82) is 0 Å². The summed E-state index contributed by atoms with van der Waals surface area (Å²) < 4.78 is 23.0. The minimum Gasteiger partial charge on any atom is -0.376 e. The van der Waals surface area contributed by atoms with Gasteiger partial charge in [0.25, 0.3) is 5.56 Å². The van der Waals surface area contributed by atoms with E-state index in [1.54, 1.807) is 22.8 Å². The van der Waals surface area contributed by atoms with Crippen LogP contribution in [0.4, 0.5) is 4.39 Å². The molecule has 1 N–H and O–H groups in total. The topological polar surface area (TPSA) is 73.2 Å². The van der Waals surface area contributed by atoms with Crippen LogP contribution in [0.2, 0.25) is 0 Å². The molecule has 1 unspecified atom stereocenters. The van der Waals surface area contributed by atoms with E-state index in [1.165, 1.54) is 29.2 Å². The van der Waals surface area contributed by atoms with Crippen LogP contribution in [0, 0.1) is 5.82 Å². The molecule has 0 radical (unpaired) electrons. The van der Waals surface area contributed by atoms with Crippen LogP contribution in [-0.4, -0.2) is 34.7 Å². The summed E-state index contributed by atoms with van der Waals surface area (Å²) in [7, 11) is 0. The van der Waals surface area contributed by atoms with Crippen molar-refractivity contribution in [3.05, 3.63) is 70.3 Å². The molecule has 182 valence electrons. The second-order valence-electron chi connectivity index (χ2n) is 8.55. The van der Waals surface area contributed by atoms with Crippen molar-refractivity contribution >= 4 is 49.3 Å². The number of nitrogens with zero attached hydrogens (tertiary/aromatic N) is 2. The van der Waals surface area contributed by atoms with Crippen molar-refractivity contribution in [2.75, 3.05) is 13.2 Å². The van der Waals surface area contributed by atoms with Gasteiger partial charge in [0.05, 0.1) is 11.6 Å². The van der Waals surface area contributed by atoms with Crippen LogP contribution in [0.1, 0.15) is 31.2 Å². The fourth-order valence-electron chi connectivity index (χ4n) is 4.24. The van der Waals surface area contributed by atoms with Crippen LogP contribution in [0.5, 0.6) is 0 Å². The van der Waals surface area contributed by atoms with Crippen LogP contribution in [-0.2, 0) is 21.8 Å². The monoisotopic (exact) mass is 511 g/mol. The summed E-state index contributed by atoms with van der Waals surface area (Å²) in [6.07, 6.45) is 2.91. The molecule has 5 rings (SSSR count). The lowest BCUT2D eigenvalue weighted by atomic mass is 10.2. The highest BCUT2D eigenvalue weighted by Gasteiger charge is 2.18. The molecule has 1 aliphatic heterocycles. The Hall–Kier alpha value is -2.75. The molecule has 3 heterocycles. The number of aromatic nitrogens is 2. The summed E-state index contributed by atoms with van der Waals surface area (Å²) in [6, 6.07) is 14.4. The number of halogens is 1. The normalized spacial score (nSPS) is 15.7. The van der Waals surface area contributed by atoms with E-state index in [9.17, 15) is 14.0 Å². The maximum Gasteiger partial charge on any atom is 0.272 e. The van der Waals surface area contributed by atoms with Crippen LogP contribution >= 0.6 is 23.1 Å². The van der Waals surface area contributed by atoms with Gasteiger partial charge >= 0.3 is 0 Å². The predicted molar refractivity (Wildman–Crippen MR) is 139 cm³/mol. The van der Waals surface area contributed by atoms with E-state index in [0.29, 0.717) is 52.6 Å². The van der Waals surface area contributed by atoms with Gasteiger partial charge in [0.2, 0.25) is 5.91 Å². The first kappa shape index (κ1) is 24.0. The first-order valence-electron chi connectivity index (χ1n) is 11.8. The summed E-state index contributed by atoms with van der Waals surface area (Å²) in [5.74, 6) is 0.0260. The fraction of sp³-hybridized carbons (Fsp3) is 0.346. The first-order valence-corrected chi connectivity index (χ1v) is 13.6. The number of amides is 1. The number of thiophene rings is 1. The lowest BCUT2D eigenvalue weighted by Gasteiger charge is -2.13. The molecule has 1 amide bonds. The molecule has 0 aliphatic carbocycles. The van der Waals surface area contributed by atoms with Crippen molar-refractivity contribution in [3.63, 3.8) is 0 Å². The van der Waals surface area contributed by atoms with Crippen LogP contribution < -0.4 is 10.9 Å². The van der Waals surface area contributed by atoms with Gasteiger partial charge in [-0.1, -0.05) is 48.2 Å². The van der Waals surface area contributed by atoms with E-state index in [0.717, 1.165) is 29.5 Å². The average molecular weight is 512 g/mol. The van der Waals surface area contributed by atoms with E-state index in [4.69, 9.17) is 9.72 Å². The van der Waals surface area contributed by atoms with Crippen molar-refractivity contribution in [3.8, 4) is 0 Å². The smallest absolute Gasteiger partial charge is 0.272 e. The van der Waals surface area contributed by atoms with E-state index in [2.05, 4.69) is 5.32 Å². The molecule has 1 atom stereocenters. The van der Waals surface area contributed by atoms with Crippen molar-refractivity contribution in [2.45, 2.75) is 49.2 Å². The largest absolute Gasteiger partial charge is 0.376 e. The molecule has 9 heteroatoms. The van der Waals surface area contributed by atoms with Gasteiger partial charge in [0.1, 0.15) is 10.5 Å². The second-order valence-corrected chi connectivity index (χ2v) is 10.5. The van der Waals surface area contributed by atoms with Crippen LogP contribution in [0.15, 0.2) is 58.5 Å². The number of rotatable bonds is 9. The number of ether oxygens (including phenoxy) is 1. The molecular formula is C26H26FN3O3S2. The number of nitrogens with one attached hydrogen (secondary N) is 1. The number of fused-ring (bicyclic) bond motifs is 3. The SMILES string of the molecule is O=C(CCCn1c(SCc2ccccc2F)nc2c(sc3ccccc32)c1=O)NCC1CCCO1. The summed E-state index contributed by atoms with van der Waals surface area (Å²) in [4.78, 5) is 30.7. The minimum absolute atomic E-state index is 0.0509. The molecule has 2 aromatic carbocycles. The third-order valence-corrected chi connectivity index (χ3v) is 8.27. The Balaban J connectivity index is 1.37. The molecule has 1 fully saturated rings. The number of benzene rings is 2. The molecule has 0 saturated carbocycles. The molecule has 2 aromatic heterocycles. The van der Waals surface area contributed by atoms with Crippen LogP contribution in [0.25, 0.3) is 20.3 Å². The average Bonchev–Trinajstić information content (AvgIpc) is 3.52. The van der Waals surface area contributed by atoms with E-state index >= 15 is 0 Å². The van der Waals surface area contributed by atoms with Crippen LogP contribution in [0.3, 0.4) is 0 Å². The maximum absolute atomic E-state index is 14.2. The fourth-order valence-corrected chi connectivity index (χ4v) is 6.33. The number of thioether (sulfide) groups is 1. The third-order valence-electron chi connectivity index (χ3n) is 6.10. The Bertz CT molecular complexity index is 1410. The van der Waals surface area contributed by atoms with Gasteiger partial charge in [-0.3, -0.25) is 14.2 Å². The molecule has 6 nitrogen and oxygen atoms in total. The summed E-state index contributed by atoms with van der Waals surface area (Å²) in [5, 5.41) is 4.41. The van der Waals surface area contributed by atoms with Gasteiger partial charge in [-0.2, -0.15) is 0 Å². The summed E-state index contributed by atoms with van der Waals surface area (Å²) >= 11 is 2.77. The van der Waals surface area contributed by atoms with Gasteiger partial charge in [0.15, 0.2) is 5.16 Å². The van der Waals surface area contributed by atoms with Crippen molar-refractivity contribution in [2.24, 2.45) is 0 Å². The molecule has 0 spiro atoms. The second kappa shape index (κ2) is 10.9. The molecule has 35 heavy (non-hydrogen) atoms. The van der Waals surface area contributed by atoms with Gasteiger partial charge in [-0.25, -0.2) is 9.37 Å². The lowest BCUT2D eigenvalue weighted by Crippen LogP contribution is -2.32. The van der Waals surface area contributed by atoms with Crippen molar-refractivity contribution < 1.29 is 13.9 Å². The Morgan fingerprint density at radius 3 is 2.89 bits per heavy atom. The zero-order valence-electron chi connectivity index (χ0n) is 19.2. The number of carbonyl (C=O) groups is 1. The van der Waals surface area contributed by atoms with Gasteiger partial charge in [-0.05, 0) is 37.0 Å². The standard InChI is InChI=1S/C26H26FN3O3S2/c27-20-10-3-1-7-17(20)16-34-26-29-23-19-9-2-4-11-21(19)35-24(23)25(32)30(26)13-5-12-22(31)28-15-18-8-6-14-33-18/h1-4,7,9-11,18H,5-6,8,12-16H2,(H,28,31). The van der Waals surface area contributed by atoms with Crippen molar-refractivity contribution in [1.82, 2.24) is 14.9 Å². The number of carbonyl (C=O) groups excluding carboxylic acids is 1. The Labute approximate surface area is 210 Å². The highest BCUT2D eigenvalue weighted by molar-refractivity contribution is 7.98. The van der Waals surface area contributed by atoms with Gasteiger partial charge < -0.3 is 10.1 Å². The summed E-state index contributed by atoms with van der Waals surface area (Å²) in [6.45, 7) is 1.64. The molecule has 1 saturated heterocycles. The summed E-state index contributed by atoms with van der Waals surface area (Å²) in [5.41, 5.74) is 1.12. The van der Waals surface area contributed by atoms with E-state index in [-0.39, 0.29) is 23.4 Å². The molecule has 4 aromatic rings. The quantitative estimate of drug-likeness (QED) is 0.250. The minimum atomic E-state index is -0.279. The highest BCUT2D eigenvalue weighted by atomic mass is 32.2. The Morgan fingerprint density at radius 1 is 1.23 bits per heavy atom. The van der Waals surface area contributed by atoms with Gasteiger partial charge in [0, 0.05) is 42.0 Å². The Kier molecular flexibility index (Phi) is 7.46. The van der Waals surface area contributed by atoms with E-state index in [1.807, 2.05) is 24.3 Å². The highest BCUT2D eigenvalue weighted by Crippen LogP contribution is 2.32. The zero-order chi connectivity index (χ0) is 24.2. The molecule has 1 aliphatic rings. The van der Waals surface area contributed by atoms with E-state index < -0.39 is 0 Å². The third kappa shape index (κ3) is 5.42.